The minimum Gasteiger partial charge on any atom is -0.495 e. The van der Waals surface area contributed by atoms with Crippen LogP contribution in [0, 0.1) is 0 Å². The number of carbonyl (C=O) groups excluding carboxylic acids is 1. The molecule has 7 heteroatoms. The Balaban J connectivity index is 2.32. The molecule has 0 bridgehead atoms. The standard InChI is InChI=1S/C14H13Cl2N3O2/c1-17-12-6-4-9(16)13(19-12)14(20)18-10-7-8(15)3-5-11(10)21-2/h3-7H,1-2H3,(H,17,19)(H,18,20). The maximum absolute atomic E-state index is 12.3. The zero-order chi connectivity index (χ0) is 15.4. The van der Waals surface area contributed by atoms with Crippen LogP contribution in [0.25, 0.3) is 0 Å². The van der Waals surface area contributed by atoms with Crippen molar-refractivity contribution < 1.29 is 9.53 Å². The number of hydrogen-bond acceptors (Lipinski definition) is 4. The van der Waals surface area contributed by atoms with Gasteiger partial charge in [-0.05, 0) is 30.3 Å². The Morgan fingerprint density at radius 3 is 2.67 bits per heavy atom. The number of benzene rings is 1. The highest BCUT2D eigenvalue weighted by atomic mass is 35.5. The molecule has 1 heterocycles. The molecule has 2 rings (SSSR count). The summed E-state index contributed by atoms with van der Waals surface area (Å²) in [6.07, 6.45) is 0. The highest BCUT2D eigenvalue weighted by molar-refractivity contribution is 6.34. The van der Waals surface area contributed by atoms with E-state index in [1.54, 1.807) is 37.4 Å². The topological polar surface area (TPSA) is 63.2 Å². The minimum absolute atomic E-state index is 0.116. The van der Waals surface area contributed by atoms with Crippen molar-refractivity contribution in [3.8, 4) is 5.75 Å². The molecule has 1 aromatic carbocycles. The zero-order valence-electron chi connectivity index (χ0n) is 11.4. The van der Waals surface area contributed by atoms with Crippen LogP contribution in [0.5, 0.6) is 5.75 Å². The van der Waals surface area contributed by atoms with Crippen molar-refractivity contribution in [3.05, 3.63) is 46.1 Å². The monoisotopic (exact) mass is 325 g/mol. The molecule has 0 saturated carbocycles. The molecule has 21 heavy (non-hydrogen) atoms. The summed E-state index contributed by atoms with van der Waals surface area (Å²) in [7, 11) is 3.21. The molecule has 0 atom stereocenters. The average Bonchev–Trinajstić information content (AvgIpc) is 2.48. The van der Waals surface area contributed by atoms with Crippen LogP contribution >= 0.6 is 23.2 Å². The van der Waals surface area contributed by atoms with E-state index in [4.69, 9.17) is 27.9 Å². The van der Waals surface area contributed by atoms with E-state index < -0.39 is 5.91 Å². The van der Waals surface area contributed by atoms with Gasteiger partial charge in [-0.25, -0.2) is 4.98 Å². The smallest absolute Gasteiger partial charge is 0.276 e. The molecule has 0 aliphatic rings. The first-order valence-corrected chi connectivity index (χ1v) is 6.80. The first-order chi connectivity index (χ1) is 10.0. The van der Waals surface area contributed by atoms with E-state index in [1.165, 1.54) is 7.11 Å². The lowest BCUT2D eigenvalue weighted by Gasteiger charge is -2.11. The summed E-state index contributed by atoms with van der Waals surface area (Å²) in [5.41, 5.74) is 0.563. The summed E-state index contributed by atoms with van der Waals surface area (Å²) in [4.78, 5) is 16.4. The number of nitrogens with one attached hydrogen (secondary N) is 2. The molecular formula is C14H13Cl2N3O2. The Hall–Kier alpha value is -1.98. The highest BCUT2D eigenvalue weighted by Crippen LogP contribution is 2.28. The van der Waals surface area contributed by atoms with Gasteiger partial charge in [0.05, 0.1) is 17.8 Å². The van der Waals surface area contributed by atoms with Crippen LogP contribution in [0.15, 0.2) is 30.3 Å². The Morgan fingerprint density at radius 2 is 2.00 bits per heavy atom. The molecule has 0 aliphatic heterocycles. The number of rotatable bonds is 4. The second-order valence-electron chi connectivity index (χ2n) is 4.08. The number of hydrogen-bond donors (Lipinski definition) is 2. The quantitative estimate of drug-likeness (QED) is 0.899. The number of anilines is 2. The first-order valence-electron chi connectivity index (χ1n) is 6.04. The third-order valence-electron chi connectivity index (χ3n) is 2.73. The van der Waals surface area contributed by atoms with Crippen LogP contribution in [0.3, 0.4) is 0 Å². The van der Waals surface area contributed by atoms with Crippen molar-refractivity contribution in [2.24, 2.45) is 0 Å². The van der Waals surface area contributed by atoms with Crippen molar-refractivity contribution in [2.45, 2.75) is 0 Å². The molecule has 0 saturated heterocycles. The summed E-state index contributed by atoms with van der Waals surface area (Å²) in [5, 5.41) is 6.27. The third-order valence-corrected chi connectivity index (χ3v) is 3.27. The molecule has 0 unspecified atom stereocenters. The average molecular weight is 326 g/mol. The first kappa shape index (κ1) is 15.4. The van der Waals surface area contributed by atoms with E-state index in [0.29, 0.717) is 22.3 Å². The Bertz CT molecular complexity index is 677. The highest BCUT2D eigenvalue weighted by Gasteiger charge is 2.15. The molecule has 0 radical (unpaired) electrons. The lowest BCUT2D eigenvalue weighted by atomic mass is 10.2. The summed E-state index contributed by atoms with van der Waals surface area (Å²) in [6, 6.07) is 8.21. The Labute approximate surface area is 132 Å². The number of aromatic nitrogens is 1. The number of amides is 1. The fraction of sp³-hybridized carbons (Fsp3) is 0.143. The molecule has 0 spiro atoms. The molecule has 5 nitrogen and oxygen atoms in total. The number of pyridine rings is 1. The van der Waals surface area contributed by atoms with E-state index in [2.05, 4.69) is 15.6 Å². The van der Waals surface area contributed by atoms with Gasteiger partial charge in [0.2, 0.25) is 0 Å². The summed E-state index contributed by atoms with van der Waals surface area (Å²) in [5.74, 6) is 0.592. The van der Waals surface area contributed by atoms with Gasteiger partial charge in [0.15, 0.2) is 0 Å². The lowest BCUT2D eigenvalue weighted by molar-refractivity contribution is 0.102. The van der Waals surface area contributed by atoms with Gasteiger partial charge in [-0.1, -0.05) is 23.2 Å². The van der Waals surface area contributed by atoms with Crippen LogP contribution in [0.1, 0.15) is 10.5 Å². The summed E-state index contributed by atoms with van der Waals surface area (Å²) in [6.45, 7) is 0. The Kier molecular flexibility index (Phi) is 4.88. The van der Waals surface area contributed by atoms with Gasteiger partial charge in [0, 0.05) is 12.1 Å². The van der Waals surface area contributed by atoms with E-state index >= 15 is 0 Å². The number of halogens is 2. The van der Waals surface area contributed by atoms with Crippen LogP contribution in [-0.4, -0.2) is 25.0 Å². The normalized spacial score (nSPS) is 10.1. The van der Waals surface area contributed by atoms with Gasteiger partial charge in [-0.2, -0.15) is 0 Å². The van der Waals surface area contributed by atoms with Crippen molar-refractivity contribution >= 4 is 40.6 Å². The molecule has 1 aromatic heterocycles. The van der Waals surface area contributed by atoms with Gasteiger partial charge < -0.3 is 15.4 Å². The molecule has 0 aliphatic carbocycles. The van der Waals surface area contributed by atoms with E-state index in [0.717, 1.165) is 0 Å². The predicted molar refractivity (Wildman–Crippen MR) is 84.8 cm³/mol. The number of nitrogens with zero attached hydrogens (tertiary/aromatic N) is 1. The van der Waals surface area contributed by atoms with E-state index in [9.17, 15) is 4.79 Å². The maximum atomic E-state index is 12.3. The SMILES string of the molecule is CNc1ccc(Cl)c(C(=O)Nc2cc(Cl)ccc2OC)n1. The summed E-state index contributed by atoms with van der Waals surface area (Å²) >= 11 is 11.9. The largest absolute Gasteiger partial charge is 0.495 e. The molecule has 2 aromatic rings. The number of methoxy groups -OCH3 is 1. The number of ether oxygens (including phenoxy) is 1. The second-order valence-corrected chi connectivity index (χ2v) is 4.92. The summed E-state index contributed by atoms with van der Waals surface area (Å²) < 4.78 is 5.17. The molecule has 110 valence electrons. The predicted octanol–water partition coefficient (Wildman–Crippen LogP) is 3.69. The molecule has 1 amide bonds. The van der Waals surface area contributed by atoms with E-state index in [-0.39, 0.29) is 10.7 Å². The fourth-order valence-corrected chi connectivity index (χ4v) is 2.06. The van der Waals surface area contributed by atoms with Gasteiger partial charge in [-0.3, -0.25) is 4.79 Å². The molecule has 2 N–H and O–H groups in total. The minimum atomic E-state index is -0.447. The van der Waals surface area contributed by atoms with Gasteiger partial charge >= 0.3 is 0 Å². The molecule has 0 fully saturated rings. The van der Waals surface area contributed by atoms with Crippen LogP contribution in [0.4, 0.5) is 11.5 Å². The van der Waals surface area contributed by atoms with Crippen molar-refractivity contribution in [3.63, 3.8) is 0 Å². The maximum Gasteiger partial charge on any atom is 0.276 e. The lowest BCUT2D eigenvalue weighted by Crippen LogP contribution is -2.15. The number of carbonyl (C=O) groups is 1. The van der Waals surface area contributed by atoms with Crippen molar-refractivity contribution in [1.82, 2.24) is 4.98 Å². The Morgan fingerprint density at radius 1 is 1.24 bits per heavy atom. The van der Waals surface area contributed by atoms with E-state index in [1.807, 2.05) is 0 Å². The van der Waals surface area contributed by atoms with Crippen LogP contribution in [0.2, 0.25) is 10.0 Å². The van der Waals surface area contributed by atoms with Gasteiger partial charge in [0.25, 0.3) is 5.91 Å². The van der Waals surface area contributed by atoms with Gasteiger partial charge in [0.1, 0.15) is 17.3 Å². The van der Waals surface area contributed by atoms with Gasteiger partial charge in [-0.15, -0.1) is 0 Å². The third kappa shape index (κ3) is 3.56. The van der Waals surface area contributed by atoms with Crippen molar-refractivity contribution in [2.75, 3.05) is 24.8 Å². The van der Waals surface area contributed by atoms with Crippen LogP contribution < -0.4 is 15.4 Å². The van der Waals surface area contributed by atoms with Crippen LogP contribution in [-0.2, 0) is 0 Å². The second kappa shape index (κ2) is 6.65. The van der Waals surface area contributed by atoms with Crippen molar-refractivity contribution in [1.29, 1.82) is 0 Å². The fourth-order valence-electron chi connectivity index (χ4n) is 1.70. The zero-order valence-corrected chi connectivity index (χ0v) is 12.9. The molecular weight excluding hydrogens is 313 g/mol.